The van der Waals surface area contributed by atoms with Gasteiger partial charge in [-0.05, 0) is 47.5 Å². The Morgan fingerprint density at radius 1 is 0.472 bits per heavy atom. The van der Waals surface area contributed by atoms with Crippen LogP contribution in [-0.2, 0) is 14.1 Å². The molecule has 0 aliphatic carbocycles. The van der Waals surface area contributed by atoms with E-state index in [0.29, 0.717) is 0 Å². The Kier molecular flexibility index (Phi) is 4.92. The van der Waals surface area contributed by atoms with Crippen LogP contribution in [0.4, 0.5) is 0 Å². The topological polar surface area (TPSA) is 9.86 Å². The molecule has 0 bridgehead atoms. The van der Waals surface area contributed by atoms with Gasteiger partial charge >= 0.3 is 0 Å². The summed E-state index contributed by atoms with van der Waals surface area (Å²) in [6.45, 7) is 0. The third kappa shape index (κ3) is 3.01. The molecule has 0 saturated carbocycles. The average Bonchev–Trinajstić information content (AvgIpc) is 3.36. The predicted molar refractivity (Wildman–Crippen MR) is 161 cm³/mol. The van der Waals surface area contributed by atoms with Crippen molar-refractivity contribution >= 4 is 75.5 Å². The molecule has 0 radical (unpaired) electrons. The lowest BCUT2D eigenvalue weighted by Crippen LogP contribution is -1.96. The number of aromatic nitrogens is 2. The molecule has 0 aliphatic heterocycles. The van der Waals surface area contributed by atoms with Crippen LogP contribution in [0, 0.1) is 0 Å². The number of aryl methyl sites for hydroxylation is 2. The number of hydrogen-bond donors (Lipinski definition) is 0. The van der Waals surface area contributed by atoms with Crippen molar-refractivity contribution in [1.82, 2.24) is 9.13 Å². The maximum atomic E-state index is 3.64. The van der Waals surface area contributed by atoms with Crippen LogP contribution >= 0.6 is 31.9 Å². The van der Waals surface area contributed by atoms with E-state index < -0.39 is 0 Å². The van der Waals surface area contributed by atoms with Crippen LogP contribution in [0.5, 0.6) is 0 Å². The molecular formula is C32H22Br2N2. The van der Waals surface area contributed by atoms with E-state index >= 15 is 0 Å². The molecule has 2 aromatic heterocycles. The number of nitrogens with zero attached hydrogens (tertiary/aromatic N) is 2. The SMILES string of the molecule is Cn1c2ccccc2c2c1c(-c1ccc(Br)cc1)c(-c1ccc(Br)cc1)c1c3ccccc3n(C)c12. The number of fused-ring (bicyclic) bond motifs is 7. The van der Waals surface area contributed by atoms with Crippen LogP contribution in [0.2, 0.25) is 0 Å². The summed E-state index contributed by atoms with van der Waals surface area (Å²) in [5.74, 6) is 0. The van der Waals surface area contributed by atoms with Gasteiger partial charge in [0.25, 0.3) is 0 Å². The lowest BCUT2D eigenvalue weighted by atomic mass is 9.88. The van der Waals surface area contributed by atoms with Gasteiger partial charge in [-0.2, -0.15) is 0 Å². The van der Waals surface area contributed by atoms with Crippen LogP contribution < -0.4 is 0 Å². The quantitative estimate of drug-likeness (QED) is 0.189. The van der Waals surface area contributed by atoms with Gasteiger partial charge in [-0.15, -0.1) is 0 Å². The highest BCUT2D eigenvalue weighted by Gasteiger charge is 2.26. The number of rotatable bonds is 2. The molecule has 174 valence electrons. The summed E-state index contributed by atoms with van der Waals surface area (Å²) in [4.78, 5) is 0. The van der Waals surface area contributed by atoms with E-state index in [-0.39, 0.29) is 0 Å². The van der Waals surface area contributed by atoms with E-state index in [1.165, 1.54) is 65.9 Å². The second kappa shape index (κ2) is 8.09. The van der Waals surface area contributed by atoms with Gasteiger partial charge in [0.15, 0.2) is 0 Å². The van der Waals surface area contributed by atoms with Gasteiger partial charge in [0, 0.05) is 66.7 Å². The first-order valence-corrected chi connectivity index (χ1v) is 13.6. The summed E-state index contributed by atoms with van der Waals surface area (Å²) >= 11 is 7.29. The van der Waals surface area contributed by atoms with Crippen molar-refractivity contribution in [3.63, 3.8) is 0 Å². The highest BCUT2D eigenvalue weighted by molar-refractivity contribution is 9.10. The molecule has 7 rings (SSSR count). The highest BCUT2D eigenvalue weighted by atomic mass is 79.9. The first kappa shape index (κ1) is 21.9. The Morgan fingerprint density at radius 3 is 1.47 bits per heavy atom. The Balaban J connectivity index is 1.86. The molecule has 0 amide bonds. The normalized spacial score (nSPS) is 11.9. The zero-order valence-electron chi connectivity index (χ0n) is 19.9. The molecule has 36 heavy (non-hydrogen) atoms. The Hall–Kier alpha value is -3.34. The second-order valence-electron chi connectivity index (χ2n) is 9.36. The first-order chi connectivity index (χ1) is 17.5. The highest BCUT2D eigenvalue weighted by Crippen LogP contribution is 2.50. The summed E-state index contributed by atoms with van der Waals surface area (Å²) in [7, 11) is 4.41. The molecule has 0 atom stereocenters. The monoisotopic (exact) mass is 592 g/mol. The zero-order valence-corrected chi connectivity index (χ0v) is 23.1. The van der Waals surface area contributed by atoms with Gasteiger partial charge in [0.2, 0.25) is 0 Å². The Morgan fingerprint density at radius 2 is 0.917 bits per heavy atom. The van der Waals surface area contributed by atoms with Crippen molar-refractivity contribution < 1.29 is 0 Å². The molecule has 0 aliphatic rings. The third-order valence-corrected chi connectivity index (χ3v) is 8.51. The number of halogens is 2. The summed E-state index contributed by atoms with van der Waals surface area (Å²) in [6, 6.07) is 35.1. The molecule has 0 N–H and O–H groups in total. The van der Waals surface area contributed by atoms with Crippen molar-refractivity contribution in [2.75, 3.05) is 0 Å². The standard InChI is InChI=1S/C32H22Br2N2/c1-35-26-10-6-4-8-24(26)30-31(35)28(20-13-17-22(34)18-14-20)27(19-11-15-21(33)16-12-19)29-23-7-3-5-9-25(23)36(2)32(29)30/h3-18H,1-2H3. The smallest absolute Gasteiger partial charge is 0.0597 e. The minimum Gasteiger partial charge on any atom is -0.343 e. The lowest BCUT2D eigenvalue weighted by Gasteiger charge is -2.17. The average molecular weight is 594 g/mol. The molecule has 0 fully saturated rings. The van der Waals surface area contributed by atoms with Crippen LogP contribution in [0.3, 0.4) is 0 Å². The Labute approximate surface area is 226 Å². The fourth-order valence-electron chi connectivity index (χ4n) is 5.91. The fourth-order valence-corrected chi connectivity index (χ4v) is 6.44. The minimum absolute atomic E-state index is 1.08. The zero-order chi connectivity index (χ0) is 24.6. The van der Waals surface area contributed by atoms with E-state index in [1.807, 2.05) is 0 Å². The first-order valence-electron chi connectivity index (χ1n) is 12.0. The molecule has 2 nitrogen and oxygen atoms in total. The van der Waals surface area contributed by atoms with Crippen LogP contribution in [0.25, 0.3) is 65.9 Å². The molecule has 7 aromatic rings. The summed E-state index contributed by atoms with van der Waals surface area (Å²) in [5.41, 5.74) is 9.99. The maximum Gasteiger partial charge on any atom is 0.0597 e. The van der Waals surface area contributed by atoms with Crippen LogP contribution in [-0.4, -0.2) is 9.13 Å². The van der Waals surface area contributed by atoms with Gasteiger partial charge in [0.1, 0.15) is 0 Å². The van der Waals surface area contributed by atoms with Gasteiger partial charge in [-0.3, -0.25) is 0 Å². The van der Waals surface area contributed by atoms with Gasteiger partial charge < -0.3 is 9.13 Å². The number of benzene rings is 5. The van der Waals surface area contributed by atoms with Crippen molar-refractivity contribution in [2.24, 2.45) is 14.1 Å². The predicted octanol–water partition coefficient (Wildman–Crippen LogP) is 9.84. The van der Waals surface area contributed by atoms with Gasteiger partial charge in [-0.25, -0.2) is 0 Å². The lowest BCUT2D eigenvalue weighted by molar-refractivity contribution is 1.01. The molecule has 0 spiro atoms. The van der Waals surface area contributed by atoms with Crippen LogP contribution in [0.15, 0.2) is 106 Å². The van der Waals surface area contributed by atoms with E-state index in [1.54, 1.807) is 0 Å². The van der Waals surface area contributed by atoms with Crippen molar-refractivity contribution in [1.29, 1.82) is 0 Å². The number of hydrogen-bond acceptors (Lipinski definition) is 0. The number of para-hydroxylation sites is 2. The molecular weight excluding hydrogens is 572 g/mol. The molecule has 2 heterocycles. The van der Waals surface area contributed by atoms with E-state index in [9.17, 15) is 0 Å². The van der Waals surface area contributed by atoms with Gasteiger partial charge in [-0.1, -0.05) is 92.5 Å². The Bertz CT molecular complexity index is 1960. The van der Waals surface area contributed by atoms with E-state index in [2.05, 4.69) is 152 Å². The fraction of sp³-hybridized carbons (Fsp3) is 0.0625. The molecule has 0 saturated heterocycles. The van der Waals surface area contributed by atoms with Gasteiger partial charge in [0.05, 0.1) is 11.0 Å². The summed E-state index contributed by atoms with van der Waals surface area (Å²) in [5, 5.41) is 5.17. The molecule has 5 aromatic carbocycles. The second-order valence-corrected chi connectivity index (χ2v) is 11.2. The van der Waals surface area contributed by atoms with Crippen molar-refractivity contribution in [3.8, 4) is 22.3 Å². The van der Waals surface area contributed by atoms with Crippen molar-refractivity contribution in [3.05, 3.63) is 106 Å². The van der Waals surface area contributed by atoms with Crippen LogP contribution in [0.1, 0.15) is 0 Å². The summed E-state index contributed by atoms with van der Waals surface area (Å²) < 4.78 is 6.92. The van der Waals surface area contributed by atoms with Crippen molar-refractivity contribution in [2.45, 2.75) is 0 Å². The minimum atomic E-state index is 1.08. The molecule has 0 unspecified atom stereocenters. The van der Waals surface area contributed by atoms with E-state index in [0.717, 1.165) is 8.95 Å². The summed E-state index contributed by atoms with van der Waals surface area (Å²) in [6.07, 6.45) is 0. The molecule has 4 heteroatoms. The van der Waals surface area contributed by atoms with E-state index in [4.69, 9.17) is 0 Å². The largest absolute Gasteiger partial charge is 0.343 e. The maximum absolute atomic E-state index is 3.64. The third-order valence-electron chi connectivity index (χ3n) is 7.45.